The standard InChI is InChI=1S/C14H18N4O2/c1-3-4-10-8-13(18-15)17-14(16-10)9-5-6-11(19)12(7-9)20-2/h5-8,19H,3-4,15H2,1-2H3,(H,16,17,18). The Morgan fingerprint density at radius 2 is 2.10 bits per heavy atom. The van der Waals surface area contributed by atoms with Crippen molar-refractivity contribution >= 4 is 5.82 Å². The average molecular weight is 274 g/mol. The molecule has 0 aliphatic rings. The third kappa shape index (κ3) is 2.97. The second kappa shape index (κ2) is 6.21. The Balaban J connectivity index is 2.47. The van der Waals surface area contributed by atoms with Crippen LogP contribution in [0.2, 0.25) is 0 Å². The van der Waals surface area contributed by atoms with Crippen LogP contribution < -0.4 is 16.0 Å². The van der Waals surface area contributed by atoms with Crippen molar-refractivity contribution < 1.29 is 9.84 Å². The zero-order chi connectivity index (χ0) is 14.5. The van der Waals surface area contributed by atoms with E-state index in [1.807, 2.05) is 6.07 Å². The molecule has 0 fully saturated rings. The minimum absolute atomic E-state index is 0.0816. The zero-order valence-corrected chi connectivity index (χ0v) is 11.6. The van der Waals surface area contributed by atoms with Crippen LogP contribution >= 0.6 is 0 Å². The summed E-state index contributed by atoms with van der Waals surface area (Å²) in [6.07, 6.45) is 1.83. The molecule has 0 aliphatic heterocycles. The monoisotopic (exact) mass is 274 g/mol. The van der Waals surface area contributed by atoms with Gasteiger partial charge in [-0.2, -0.15) is 0 Å². The number of aryl methyl sites for hydroxylation is 1. The first-order valence-corrected chi connectivity index (χ1v) is 6.40. The molecule has 0 saturated heterocycles. The van der Waals surface area contributed by atoms with E-state index in [9.17, 15) is 5.11 Å². The second-order valence-electron chi connectivity index (χ2n) is 4.35. The molecule has 0 spiro atoms. The molecule has 0 bridgehead atoms. The van der Waals surface area contributed by atoms with Crippen molar-refractivity contribution in [2.24, 2.45) is 5.84 Å². The smallest absolute Gasteiger partial charge is 0.161 e. The van der Waals surface area contributed by atoms with Gasteiger partial charge in [0.05, 0.1) is 7.11 Å². The highest BCUT2D eigenvalue weighted by Gasteiger charge is 2.09. The van der Waals surface area contributed by atoms with Crippen LogP contribution in [0.15, 0.2) is 24.3 Å². The number of methoxy groups -OCH3 is 1. The summed E-state index contributed by atoms with van der Waals surface area (Å²) >= 11 is 0. The maximum atomic E-state index is 9.62. The van der Waals surface area contributed by atoms with Crippen molar-refractivity contribution in [3.05, 3.63) is 30.0 Å². The van der Waals surface area contributed by atoms with Crippen molar-refractivity contribution in [3.8, 4) is 22.9 Å². The third-order valence-corrected chi connectivity index (χ3v) is 2.87. The molecular weight excluding hydrogens is 256 g/mol. The minimum Gasteiger partial charge on any atom is -0.504 e. The summed E-state index contributed by atoms with van der Waals surface area (Å²) < 4.78 is 5.10. The van der Waals surface area contributed by atoms with Crippen LogP contribution in [0.5, 0.6) is 11.5 Å². The quantitative estimate of drug-likeness (QED) is 0.571. The molecule has 4 N–H and O–H groups in total. The lowest BCUT2D eigenvalue weighted by atomic mass is 10.1. The molecular formula is C14H18N4O2. The Bertz CT molecular complexity index is 602. The summed E-state index contributed by atoms with van der Waals surface area (Å²) in [5.74, 6) is 7.01. The third-order valence-electron chi connectivity index (χ3n) is 2.87. The molecule has 0 unspecified atom stereocenters. The van der Waals surface area contributed by atoms with Gasteiger partial charge in [0.1, 0.15) is 5.82 Å². The van der Waals surface area contributed by atoms with Crippen LogP contribution in [0, 0.1) is 0 Å². The molecule has 6 nitrogen and oxygen atoms in total. The molecule has 1 aromatic heterocycles. The first-order valence-electron chi connectivity index (χ1n) is 6.40. The van der Waals surface area contributed by atoms with Gasteiger partial charge in [0.15, 0.2) is 17.3 Å². The fraction of sp³-hybridized carbons (Fsp3) is 0.286. The van der Waals surface area contributed by atoms with E-state index in [2.05, 4.69) is 22.3 Å². The number of hydrazine groups is 1. The lowest BCUT2D eigenvalue weighted by molar-refractivity contribution is 0.373. The van der Waals surface area contributed by atoms with E-state index in [0.717, 1.165) is 24.1 Å². The lowest BCUT2D eigenvalue weighted by Crippen LogP contribution is -2.10. The molecule has 6 heteroatoms. The highest BCUT2D eigenvalue weighted by molar-refractivity contribution is 5.62. The first kappa shape index (κ1) is 14.1. The molecule has 2 rings (SSSR count). The van der Waals surface area contributed by atoms with Gasteiger partial charge in [-0.1, -0.05) is 13.3 Å². The summed E-state index contributed by atoms with van der Waals surface area (Å²) in [4.78, 5) is 8.83. The Morgan fingerprint density at radius 3 is 2.75 bits per heavy atom. The maximum absolute atomic E-state index is 9.62. The molecule has 0 saturated carbocycles. The number of hydrogen-bond donors (Lipinski definition) is 3. The molecule has 0 atom stereocenters. The fourth-order valence-electron chi connectivity index (χ4n) is 1.90. The van der Waals surface area contributed by atoms with Gasteiger partial charge in [0.25, 0.3) is 0 Å². The summed E-state index contributed by atoms with van der Waals surface area (Å²) in [5, 5.41) is 9.62. The van der Waals surface area contributed by atoms with Crippen LogP contribution in [0.1, 0.15) is 19.0 Å². The molecule has 0 amide bonds. The highest BCUT2D eigenvalue weighted by atomic mass is 16.5. The fourth-order valence-corrected chi connectivity index (χ4v) is 1.90. The van der Waals surface area contributed by atoms with Crippen molar-refractivity contribution in [1.29, 1.82) is 0 Å². The maximum Gasteiger partial charge on any atom is 0.161 e. The van der Waals surface area contributed by atoms with Crippen molar-refractivity contribution in [3.63, 3.8) is 0 Å². The van der Waals surface area contributed by atoms with Crippen molar-refractivity contribution in [2.45, 2.75) is 19.8 Å². The van der Waals surface area contributed by atoms with Gasteiger partial charge < -0.3 is 15.3 Å². The van der Waals surface area contributed by atoms with E-state index < -0.39 is 0 Å². The number of aromatic nitrogens is 2. The number of aromatic hydroxyl groups is 1. The van der Waals surface area contributed by atoms with Gasteiger partial charge in [-0.15, -0.1) is 0 Å². The number of nitrogen functional groups attached to an aromatic ring is 1. The summed E-state index contributed by atoms with van der Waals surface area (Å²) in [6, 6.07) is 6.81. The van der Waals surface area contributed by atoms with Crippen LogP contribution in [0.25, 0.3) is 11.4 Å². The average Bonchev–Trinajstić information content (AvgIpc) is 2.47. The van der Waals surface area contributed by atoms with Gasteiger partial charge in [-0.05, 0) is 24.6 Å². The van der Waals surface area contributed by atoms with Gasteiger partial charge in [0, 0.05) is 17.3 Å². The van der Waals surface area contributed by atoms with E-state index in [-0.39, 0.29) is 5.75 Å². The number of anilines is 1. The molecule has 0 aliphatic carbocycles. The number of ether oxygens (including phenoxy) is 1. The second-order valence-corrected chi connectivity index (χ2v) is 4.35. The van der Waals surface area contributed by atoms with Crippen LogP contribution in [0.4, 0.5) is 5.82 Å². The number of rotatable bonds is 5. The van der Waals surface area contributed by atoms with Crippen LogP contribution in [0.3, 0.4) is 0 Å². The molecule has 2 aromatic rings. The lowest BCUT2D eigenvalue weighted by Gasteiger charge is -2.09. The van der Waals surface area contributed by atoms with Gasteiger partial charge in [0.2, 0.25) is 0 Å². The van der Waals surface area contributed by atoms with Gasteiger partial charge in [-0.3, -0.25) is 0 Å². The first-order chi connectivity index (χ1) is 9.67. The number of nitrogens with one attached hydrogen (secondary N) is 1. The number of phenols is 1. The van der Waals surface area contributed by atoms with E-state index in [1.165, 1.54) is 7.11 Å². The number of hydrogen-bond acceptors (Lipinski definition) is 6. The summed E-state index contributed by atoms with van der Waals surface area (Å²) in [5.41, 5.74) is 4.22. The Morgan fingerprint density at radius 1 is 1.30 bits per heavy atom. The van der Waals surface area contributed by atoms with E-state index >= 15 is 0 Å². The molecule has 20 heavy (non-hydrogen) atoms. The minimum atomic E-state index is 0.0816. The van der Waals surface area contributed by atoms with E-state index in [0.29, 0.717) is 17.4 Å². The normalized spacial score (nSPS) is 10.3. The van der Waals surface area contributed by atoms with Crippen LogP contribution in [-0.4, -0.2) is 22.2 Å². The Labute approximate surface area is 117 Å². The molecule has 106 valence electrons. The predicted molar refractivity (Wildman–Crippen MR) is 77.5 cm³/mol. The van der Waals surface area contributed by atoms with E-state index in [4.69, 9.17) is 10.6 Å². The largest absolute Gasteiger partial charge is 0.504 e. The highest BCUT2D eigenvalue weighted by Crippen LogP contribution is 2.30. The topological polar surface area (TPSA) is 93.3 Å². The van der Waals surface area contributed by atoms with Crippen molar-refractivity contribution in [2.75, 3.05) is 12.5 Å². The molecule has 1 heterocycles. The van der Waals surface area contributed by atoms with Gasteiger partial charge >= 0.3 is 0 Å². The Hall–Kier alpha value is -2.34. The van der Waals surface area contributed by atoms with E-state index in [1.54, 1.807) is 18.2 Å². The summed E-state index contributed by atoms with van der Waals surface area (Å²) in [7, 11) is 1.50. The molecule has 0 radical (unpaired) electrons. The SMILES string of the molecule is CCCc1cc(NN)nc(-c2ccc(O)c(OC)c2)n1. The number of nitrogens with two attached hydrogens (primary N) is 1. The van der Waals surface area contributed by atoms with Gasteiger partial charge in [-0.25, -0.2) is 15.8 Å². The summed E-state index contributed by atoms with van der Waals surface area (Å²) in [6.45, 7) is 2.08. The number of benzene rings is 1. The zero-order valence-electron chi connectivity index (χ0n) is 11.6. The Kier molecular flexibility index (Phi) is 4.37. The van der Waals surface area contributed by atoms with Crippen molar-refractivity contribution in [1.82, 2.24) is 9.97 Å². The predicted octanol–water partition coefficient (Wildman–Crippen LogP) is 2.10. The number of nitrogens with zero attached hydrogens (tertiary/aromatic N) is 2. The van der Waals surface area contributed by atoms with Crippen LogP contribution in [-0.2, 0) is 6.42 Å². The molecule has 1 aromatic carbocycles. The number of phenolic OH excluding ortho intramolecular Hbond substituents is 1.